The lowest BCUT2D eigenvalue weighted by Gasteiger charge is -2.00. The Labute approximate surface area is 94.1 Å². The van der Waals surface area contributed by atoms with Crippen LogP contribution in [-0.4, -0.2) is 16.1 Å². The summed E-state index contributed by atoms with van der Waals surface area (Å²) in [4.78, 5) is 10.6. The quantitative estimate of drug-likeness (QED) is 0.735. The zero-order chi connectivity index (χ0) is 11.1. The lowest BCUT2D eigenvalue weighted by atomic mass is 10.1. The monoisotopic (exact) mass is 214 g/mol. The molecule has 0 saturated heterocycles. The van der Waals surface area contributed by atoms with Crippen molar-refractivity contribution < 1.29 is 4.79 Å². The van der Waals surface area contributed by atoms with Crippen LogP contribution in [0.1, 0.15) is 30.0 Å². The molecule has 0 aliphatic heterocycles. The number of aryl methyl sites for hydroxylation is 1. The molecule has 82 valence electrons. The van der Waals surface area contributed by atoms with Gasteiger partial charge in [0.1, 0.15) is 6.29 Å². The molecule has 1 saturated carbocycles. The molecule has 1 aromatic carbocycles. The van der Waals surface area contributed by atoms with Gasteiger partial charge in [0.2, 0.25) is 0 Å². The second kappa shape index (κ2) is 3.44. The van der Waals surface area contributed by atoms with Gasteiger partial charge in [-0.3, -0.25) is 4.68 Å². The normalized spacial score (nSPS) is 15.6. The van der Waals surface area contributed by atoms with E-state index in [1.807, 2.05) is 6.92 Å². The number of nitrogens with zero attached hydrogens (tertiary/aromatic N) is 2. The first kappa shape index (κ1) is 9.58. The fraction of sp³-hybridized carbons (Fsp3) is 0.385. The fourth-order valence-electron chi connectivity index (χ4n) is 2.24. The first-order valence-corrected chi connectivity index (χ1v) is 5.70. The lowest BCUT2D eigenvalue weighted by molar-refractivity contribution is -0.108. The molecule has 3 heteroatoms. The Hall–Kier alpha value is -1.64. The van der Waals surface area contributed by atoms with Crippen molar-refractivity contribution in [1.29, 1.82) is 0 Å². The zero-order valence-electron chi connectivity index (χ0n) is 9.31. The predicted octanol–water partition coefficient (Wildman–Crippen LogP) is 2.42. The number of benzene rings is 1. The molecule has 2 aromatic rings. The molecule has 1 heterocycles. The van der Waals surface area contributed by atoms with Crippen molar-refractivity contribution in [3.05, 3.63) is 29.5 Å². The largest absolute Gasteiger partial charge is 0.301 e. The van der Waals surface area contributed by atoms with Crippen LogP contribution in [0.3, 0.4) is 0 Å². The zero-order valence-corrected chi connectivity index (χ0v) is 9.31. The summed E-state index contributed by atoms with van der Waals surface area (Å²) in [6, 6.07) is 6.49. The Balaban J connectivity index is 2.15. The van der Waals surface area contributed by atoms with Gasteiger partial charge in [0.15, 0.2) is 0 Å². The van der Waals surface area contributed by atoms with Crippen LogP contribution in [0.4, 0.5) is 0 Å². The smallest absolute Gasteiger partial charge is 0.141 e. The third-order valence-corrected chi connectivity index (χ3v) is 3.26. The maximum Gasteiger partial charge on any atom is 0.141 e. The van der Waals surface area contributed by atoms with E-state index in [-0.39, 0.29) is 0 Å². The maximum absolute atomic E-state index is 10.6. The maximum atomic E-state index is 10.6. The first-order chi connectivity index (χ1) is 7.79. The van der Waals surface area contributed by atoms with E-state index in [0.29, 0.717) is 6.54 Å². The Bertz CT molecular complexity index is 552. The van der Waals surface area contributed by atoms with E-state index >= 15 is 0 Å². The van der Waals surface area contributed by atoms with Crippen LogP contribution in [0.5, 0.6) is 0 Å². The Morgan fingerprint density at radius 3 is 3.00 bits per heavy atom. The van der Waals surface area contributed by atoms with Gasteiger partial charge in [0.05, 0.1) is 17.8 Å². The second-order valence-corrected chi connectivity index (χ2v) is 4.49. The summed E-state index contributed by atoms with van der Waals surface area (Å²) >= 11 is 0. The van der Waals surface area contributed by atoms with E-state index in [1.165, 1.54) is 23.8 Å². The van der Waals surface area contributed by atoms with Crippen molar-refractivity contribution >= 4 is 17.2 Å². The molecule has 0 unspecified atom stereocenters. The molecule has 0 spiro atoms. The van der Waals surface area contributed by atoms with Crippen LogP contribution < -0.4 is 0 Å². The fourth-order valence-corrected chi connectivity index (χ4v) is 2.24. The average molecular weight is 214 g/mol. The summed E-state index contributed by atoms with van der Waals surface area (Å²) in [5.74, 6) is 0.762. The number of rotatable bonds is 3. The number of aromatic nitrogens is 2. The molecule has 3 nitrogen and oxygen atoms in total. The van der Waals surface area contributed by atoms with Crippen LogP contribution in [0.25, 0.3) is 10.9 Å². The molecule has 1 aliphatic carbocycles. The molecular formula is C13H14N2O. The number of carbonyl (C=O) groups excluding carboxylic acids is 1. The van der Waals surface area contributed by atoms with Gasteiger partial charge in [-0.25, -0.2) is 0 Å². The van der Waals surface area contributed by atoms with Crippen molar-refractivity contribution in [3.63, 3.8) is 0 Å². The molecule has 1 aromatic heterocycles. The van der Waals surface area contributed by atoms with E-state index in [9.17, 15) is 4.79 Å². The van der Waals surface area contributed by atoms with Gasteiger partial charge in [-0.05, 0) is 43.4 Å². The molecule has 1 fully saturated rings. The summed E-state index contributed by atoms with van der Waals surface area (Å²) < 4.78 is 1.77. The molecule has 0 atom stereocenters. The molecule has 0 bridgehead atoms. The van der Waals surface area contributed by atoms with Crippen LogP contribution in [0, 0.1) is 6.92 Å². The van der Waals surface area contributed by atoms with Gasteiger partial charge < -0.3 is 4.79 Å². The van der Waals surface area contributed by atoms with E-state index in [1.54, 1.807) is 4.68 Å². The molecule has 0 amide bonds. The molecular weight excluding hydrogens is 200 g/mol. The highest BCUT2D eigenvalue weighted by Gasteiger charge is 2.24. The Morgan fingerprint density at radius 2 is 2.31 bits per heavy atom. The van der Waals surface area contributed by atoms with Crippen LogP contribution in [0.15, 0.2) is 18.2 Å². The first-order valence-electron chi connectivity index (χ1n) is 5.70. The highest BCUT2D eigenvalue weighted by molar-refractivity contribution is 5.83. The van der Waals surface area contributed by atoms with Gasteiger partial charge in [-0.1, -0.05) is 6.07 Å². The predicted molar refractivity (Wildman–Crippen MR) is 62.5 cm³/mol. The highest BCUT2D eigenvalue weighted by Crippen LogP contribution is 2.41. The Morgan fingerprint density at radius 1 is 1.50 bits per heavy atom. The summed E-state index contributed by atoms with van der Waals surface area (Å²) in [6.07, 6.45) is 3.51. The number of fused-ring (bicyclic) bond motifs is 1. The number of aldehydes is 1. The van der Waals surface area contributed by atoms with Gasteiger partial charge in [-0.15, -0.1) is 0 Å². The average Bonchev–Trinajstić information content (AvgIpc) is 3.08. The van der Waals surface area contributed by atoms with Crippen molar-refractivity contribution in [1.82, 2.24) is 9.78 Å². The number of hydrogen-bond acceptors (Lipinski definition) is 2. The standard InChI is InChI=1S/C13H14N2O/c1-9-12-8-11(10-2-3-10)4-5-13(12)15(14-9)6-7-16/h4-5,7-8,10H,2-3,6H2,1H3. The van der Waals surface area contributed by atoms with Gasteiger partial charge >= 0.3 is 0 Å². The van der Waals surface area contributed by atoms with E-state index < -0.39 is 0 Å². The third-order valence-electron chi connectivity index (χ3n) is 3.26. The highest BCUT2D eigenvalue weighted by atomic mass is 16.1. The van der Waals surface area contributed by atoms with Crippen molar-refractivity contribution in [2.75, 3.05) is 0 Å². The van der Waals surface area contributed by atoms with Crippen LogP contribution in [-0.2, 0) is 11.3 Å². The summed E-state index contributed by atoms with van der Waals surface area (Å²) in [7, 11) is 0. The Kier molecular flexibility index (Phi) is 2.06. The second-order valence-electron chi connectivity index (χ2n) is 4.49. The molecule has 1 aliphatic rings. The molecule has 3 rings (SSSR count). The SMILES string of the molecule is Cc1nn(CC=O)c2ccc(C3CC3)cc12. The molecule has 16 heavy (non-hydrogen) atoms. The van der Waals surface area contributed by atoms with Crippen LogP contribution >= 0.6 is 0 Å². The molecule has 0 radical (unpaired) electrons. The number of hydrogen-bond donors (Lipinski definition) is 0. The summed E-state index contributed by atoms with van der Waals surface area (Å²) in [5.41, 5.74) is 3.50. The lowest BCUT2D eigenvalue weighted by Crippen LogP contribution is -2.00. The van der Waals surface area contributed by atoms with Gasteiger partial charge in [0.25, 0.3) is 0 Å². The van der Waals surface area contributed by atoms with Crippen LogP contribution in [0.2, 0.25) is 0 Å². The third kappa shape index (κ3) is 1.43. The number of carbonyl (C=O) groups is 1. The van der Waals surface area contributed by atoms with E-state index in [2.05, 4.69) is 23.3 Å². The minimum Gasteiger partial charge on any atom is -0.301 e. The minimum atomic E-state index is 0.340. The van der Waals surface area contributed by atoms with Crippen molar-refractivity contribution in [2.24, 2.45) is 0 Å². The van der Waals surface area contributed by atoms with Gasteiger partial charge in [-0.2, -0.15) is 5.10 Å². The topological polar surface area (TPSA) is 34.9 Å². The molecule has 0 N–H and O–H groups in total. The van der Waals surface area contributed by atoms with E-state index in [4.69, 9.17) is 0 Å². The van der Waals surface area contributed by atoms with Crippen molar-refractivity contribution in [2.45, 2.75) is 32.2 Å². The van der Waals surface area contributed by atoms with E-state index in [0.717, 1.165) is 23.4 Å². The summed E-state index contributed by atoms with van der Waals surface area (Å²) in [6.45, 7) is 2.34. The van der Waals surface area contributed by atoms with Gasteiger partial charge in [0, 0.05) is 5.39 Å². The summed E-state index contributed by atoms with van der Waals surface area (Å²) in [5, 5.41) is 5.57. The van der Waals surface area contributed by atoms with Crippen molar-refractivity contribution in [3.8, 4) is 0 Å². The minimum absolute atomic E-state index is 0.340.